The molecule has 1 aliphatic rings. The number of likely N-dealkylation sites (N-methyl/N-ethyl adjacent to an activating group) is 1. The lowest BCUT2D eigenvalue weighted by Gasteiger charge is -2.28. The van der Waals surface area contributed by atoms with Crippen molar-refractivity contribution in [2.45, 2.75) is 32.1 Å². The van der Waals surface area contributed by atoms with E-state index in [0.717, 1.165) is 24.8 Å². The fourth-order valence-electron chi connectivity index (χ4n) is 2.91. The molecular weight excluding hydrogens is 254 g/mol. The van der Waals surface area contributed by atoms with E-state index in [4.69, 9.17) is 0 Å². The summed E-state index contributed by atoms with van der Waals surface area (Å²) in [6, 6.07) is 9.91. The van der Waals surface area contributed by atoms with Gasteiger partial charge in [0.2, 0.25) is 5.91 Å². The van der Waals surface area contributed by atoms with Crippen molar-refractivity contribution >= 4 is 11.9 Å². The minimum absolute atomic E-state index is 0.238. The summed E-state index contributed by atoms with van der Waals surface area (Å²) in [5.74, 6) is -1.20. The smallest absolute Gasteiger partial charge is 0.319 e. The Morgan fingerprint density at radius 1 is 1.20 bits per heavy atom. The molecule has 0 saturated heterocycles. The number of hydrogen-bond acceptors (Lipinski definition) is 2. The van der Waals surface area contributed by atoms with Gasteiger partial charge < -0.3 is 10.0 Å². The number of benzene rings is 1. The van der Waals surface area contributed by atoms with Crippen molar-refractivity contribution in [3.05, 3.63) is 35.9 Å². The van der Waals surface area contributed by atoms with E-state index in [9.17, 15) is 14.7 Å². The van der Waals surface area contributed by atoms with Gasteiger partial charge in [0.05, 0.1) is 0 Å². The number of hydrogen-bond donors (Lipinski definition) is 1. The number of carboxylic acids is 1. The molecule has 1 aliphatic carbocycles. The molecule has 0 heterocycles. The minimum atomic E-state index is -1.18. The van der Waals surface area contributed by atoms with Crippen LogP contribution in [0.25, 0.3) is 0 Å². The van der Waals surface area contributed by atoms with Crippen molar-refractivity contribution in [2.75, 3.05) is 13.6 Å². The molecule has 0 bridgehead atoms. The van der Waals surface area contributed by atoms with Crippen LogP contribution >= 0.6 is 0 Å². The number of carbonyl (C=O) groups excluding carboxylic acids is 1. The predicted octanol–water partition coefficient (Wildman–Crippen LogP) is 2.33. The molecule has 0 spiro atoms. The van der Waals surface area contributed by atoms with Crippen LogP contribution in [0.2, 0.25) is 0 Å². The molecule has 1 saturated carbocycles. The van der Waals surface area contributed by atoms with E-state index in [-0.39, 0.29) is 5.91 Å². The first-order valence-corrected chi connectivity index (χ1v) is 7.09. The van der Waals surface area contributed by atoms with Crippen LogP contribution in [0, 0.1) is 5.41 Å². The molecule has 1 aromatic carbocycles. The van der Waals surface area contributed by atoms with E-state index >= 15 is 0 Å². The molecule has 0 unspecified atom stereocenters. The van der Waals surface area contributed by atoms with E-state index in [0.29, 0.717) is 19.4 Å². The molecule has 20 heavy (non-hydrogen) atoms. The van der Waals surface area contributed by atoms with E-state index in [2.05, 4.69) is 0 Å². The second-order valence-corrected chi connectivity index (χ2v) is 5.56. The maximum absolute atomic E-state index is 12.5. The molecule has 1 aromatic rings. The third-order valence-electron chi connectivity index (χ3n) is 4.20. The van der Waals surface area contributed by atoms with E-state index < -0.39 is 11.4 Å². The van der Waals surface area contributed by atoms with Crippen LogP contribution in [0.4, 0.5) is 0 Å². The third kappa shape index (κ3) is 2.84. The maximum Gasteiger partial charge on any atom is 0.319 e. The highest BCUT2D eigenvalue weighted by Crippen LogP contribution is 2.39. The van der Waals surface area contributed by atoms with Gasteiger partial charge in [-0.25, -0.2) is 0 Å². The molecule has 1 amide bonds. The van der Waals surface area contributed by atoms with Gasteiger partial charge in [-0.3, -0.25) is 9.59 Å². The van der Waals surface area contributed by atoms with Gasteiger partial charge in [-0.15, -0.1) is 0 Å². The molecule has 2 rings (SSSR count). The van der Waals surface area contributed by atoms with E-state index in [1.54, 1.807) is 11.9 Å². The summed E-state index contributed by atoms with van der Waals surface area (Å²) >= 11 is 0. The summed E-state index contributed by atoms with van der Waals surface area (Å²) in [5, 5.41) is 9.42. The molecule has 108 valence electrons. The first kappa shape index (κ1) is 14.6. The summed E-state index contributed by atoms with van der Waals surface area (Å²) in [6.07, 6.45) is 3.33. The third-order valence-corrected chi connectivity index (χ3v) is 4.20. The average molecular weight is 275 g/mol. The summed E-state index contributed by atoms with van der Waals surface area (Å²) in [5.41, 5.74) is -0.0197. The maximum atomic E-state index is 12.5. The lowest BCUT2D eigenvalue weighted by atomic mass is 9.84. The van der Waals surface area contributed by atoms with Gasteiger partial charge in [0.1, 0.15) is 5.41 Å². The molecule has 4 nitrogen and oxygen atoms in total. The first-order valence-electron chi connectivity index (χ1n) is 7.09. The van der Waals surface area contributed by atoms with Gasteiger partial charge in [-0.2, -0.15) is 0 Å². The normalized spacial score (nSPS) is 16.9. The van der Waals surface area contributed by atoms with Gasteiger partial charge >= 0.3 is 5.97 Å². The standard InChI is InChI=1S/C16H21NO3/c1-17(12-9-13-7-3-2-4-8-13)14(18)16(15(19)20)10-5-6-11-16/h2-4,7-8H,5-6,9-12H2,1H3,(H,19,20). The number of carbonyl (C=O) groups is 2. The molecule has 0 radical (unpaired) electrons. The van der Waals surface area contributed by atoms with Crippen LogP contribution in [0.15, 0.2) is 30.3 Å². The van der Waals surface area contributed by atoms with Gasteiger partial charge in [-0.05, 0) is 24.8 Å². The summed E-state index contributed by atoms with van der Waals surface area (Å²) in [7, 11) is 1.70. The second-order valence-electron chi connectivity index (χ2n) is 5.56. The number of nitrogens with zero attached hydrogens (tertiary/aromatic N) is 1. The van der Waals surface area contributed by atoms with Crippen molar-refractivity contribution in [3.63, 3.8) is 0 Å². The predicted molar refractivity (Wildman–Crippen MR) is 76.3 cm³/mol. The van der Waals surface area contributed by atoms with Crippen LogP contribution < -0.4 is 0 Å². The average Bonchev–Trinajstić information content (AvgIpc) is 2.96. The molecular formula is C16H21NO3. The van der Waals surface area contributed by atoms with E-state index in [1.165, 1.54) is 0 Å². The van der Waals surface area contributed by atoms with Crippen LogP contribution in [0.3, 0.4) is 0 Å². The largest absolute Gasteiger partial charge is 0.480 e. The summed E-state index contributed by atoms with van der Waals surface area (Å²) in [6.45, 7) is 0.553. The molecule has 0 aromatic heterocycles. The van der Waals surface area contributed by atoms with Gasteiger partial charge in [0.15, 0.2) is 0 Å². The zero-order valence-corrected chi connectivity index (χ0v) is 11.8. The fraction of sp³-hybridized carbons (Fsp3) is 0.500. The van der Waals surface area contributed by atoms with Gasteiger partial charge in [-0.1, -0.05) is 43.2 Å². The van der Waals surface area contributed by atoms with Crippen molar-refractivity contribution in [1.29, 1.82) is 0 Å². The summed E-state index contributed by atoms with van der Waals surface area (Å²) < 4.78 is 0. The number of carboxylic acid groups (broad SMARTS) is 1. The fourth-order valence-corrected chi connectivity index (χ4v) is 2.91. The van der Waals surface area contributed by atoms with E-state index in [1.807, 2.05) is 30.3 Å². The quantitative estimate of drug-likeness (QED) is 0.839. The summed E-state index contributed by atoms with van der Waals surface area (Å²) in [4.78, 5) is 25.5. The highest BCUT2D eigenvalue weighted by molar-refractivity contribution is 6.02. The van der Waals surface area contributed by atoms with Gasteiger partial charge in [0.25, 0.3) is 0 Å². The molecule has 0 aliphatic heterocycles. The number of aliphatic carboxylic acids is 1. The van der Waals surface area contributed by atoms with Crippen molar-refractivity contribution in [3.8, 4) is 0 Å². The second kappa shape index (κ2) is 6.07. The molecule has 1 fully saturated rings. The molecule has 4 heteroatoms. The molecule has 1 N–H and O–H groups in total. The Balaban J connectivity index is 1.99. The highest BCUT2D eigenvalue weighted by atomic mass is 16.4. The zero-order valence-electron chi connectivity index (χ0n) is 11.8. The van der Waals surface area contributed by atoms with Crippen molar-refractivity contribution in [2.24, 2.45) is 5.41 Å². The minimum Gasteiger partial charge on any atom is -0.480 e. The SMILES string of the molecule is CN(CCc1ccccc1)C(=O)C1(C(=O)O)CCCC1. The van der Waals surface area contributed by atoms with Gasteiger partial charge in [0, 0.05) is 13.6 Å². The van der Waals surface area contributed by atoms with Crippen LogP contribution in [-0.4, -0.2) is 35.5 Å². The van der Waals surface area contributed by atoms with Crippen LogP contribution in [-0.2, 0) is 16.0 Å². The monoisotopic (exact) mass is 275 g/mol. The van der Waals surface area contributed by atoms with Crippen molar-refractivity contribution < 1.29 is 14.7 Å². The Kier molecular flexibility index (Phi) is 4.42. The molecule has 0 atom stereocenters. The van der Waals surface area contributed by atoms with Crippen molar-refractivity contribution in [1.82, 2.24) is 4.90 Å². The number of rotatable bonds is 5. The Hall–Kier alpha value is -1.84. The van der Waals surface area contributed by atoms with Crippen LogP contribution in [0.1, 0.15) is 31.2 Å². The Morgan fingerprint density at radius 2 is 1.80 bits per heavy atom. The lowest BCUT2D eigenvalue weighted by molar-refractivity contribution is -0.159. The van der Waals surface area contributed by atoms with Crippen LogP contribution in [0.5, 0.6) is 0 Å². The topological polar surface area (TPSA) is 57.6 Å². The lowest BCUT2D eigenvalue weighted by Crippen LogP contribution is -2.46. The Morgan fingerprint density at radius 3 is 2.35 bits per heavy atom. The Bertz CT molecular complexity index is 478. The zero-order chi connectivity index (χ0) is 14.6. The first-order chi connectivity index (χ1) is 9.56. The highest BCUT2D eigenvalue weighted by Gasteiger charge is 2.49. The Labute approximate surface area is 119 Å². The number of amides is 1.